The number of carbonyl (C=O) groups excluding carboxylic acids is 2. The van der Waals surface area contributed by atoms with Crippen LogP contribution in [0.15, 0.2) is 36.4 Å². The maximum Gasteiger partial charge on any atom is 0.240 e. The van der Waals surface area contributed by atoms with Gasteiger partial charge in [-0.05, 0) is 35.4 Å². The number of rotatable bonds is 4. The summed E-state index contributed by atoms with van der Waals surface area (Å²) in [6, 6.07) is 11.4. The Labute approximate surface area is 111 Å². The van der Waals surface area contributed by atoms with Crippen LogP contribution in [-0.4, -0.2) is 11.7 Å². The van der Waals surface area contributed by atoms with Gasteiger partial charge in [0.2, 0.25) is 5.91 Å². The number of carbonyl (C=O) groups is 2. The number of amides is 1. The lowest BCUT2D eigenvalue weighted by Gasteiger charge is -2.09. The third-order valence-corrected chi connectivity index (χ3v) is 2.80. The zero-order valence-corrected chi connectivity index (χ0v) is 10.9. The molecular formula is C15H15NO3. The fourth-order valence-electron chi connectivity index (χ4n) is 1.93. The molecule has 4 nitrogen and oxygen atoms in total. The largest absolute Gasteiger partial charge is 0.295 e. The van der Waals surface area contributed by atoms with Crippen molar-refractivity contribution in [2.45, 2.75) is 20.5 Å². The van der Waals surface area contributed by atoms with E-state index in [9.17, 15) is 9.59 Å². The maximum atomic E-state index is 11.5. The van der Waals surface area contributed by atoms with Crippen molar-refractivity contribution < 1.29 is 14.4 Å². The molecule has 0 aliphatic heterocycles. The van der Waals surface area contributed by atoms with Crippen LogP contribution in [0.4, 0.5) is 0 Å². The second-order valence-electron chi connectivity index (χ2n) is 4.36. The molecule has 0 aliphatic carbocycles. The van der Waals surface area contributed by atoms with Crippen LogP contribution < -0.4 is 5.48 Å². The number of hydrogen-bond acceptors (Lipinski definition) is 3. The van der Waals surface area contributed by atoms with Crippen molar-refractivity contribution in [3.05, 3.63) is 47.5 Å². The lowest BCUT2D eigenvalue weighted by Crippen LogP contribution is -2.20. The van der Waals surface area contributed by atoms with E-state index >= 15 is 0 Å². The standard InChI is InChI=1S/C15H15NO3/c1-10(17)13-7-12-5-3-4-6-15(12)14(8-13)9-19-16-11(2)18/h3-8H,9H2,1-2H3,(H,16,18). The molecule has 0 radical (unpaired) electrons. The Kier molecular flexibility index (Phi) is 3.92. The average molecular weight is 257 g/mol. The number of ketones is 1. The van der Waals surface area contributed by atoms with Crippen molar-refractivity contribution in [2.24, 2.45) is 0 Å². The van der Waals surface area contributed by atoms with Crippen LogP contribution >= 0.6 is 0 Å². The first kappa shape index (κ1) is 13.2. The molecule has 2 rings (SSSR count). The molecule has 0 saturated heterocycles. The third kappa shape index (κ3) is 3.17. The zero-order chi connectivity index (χ0) is 13.8. The minimum Gasteiger partial charge on any atom is -0.295 e. The van der Waals surface area contributed by atoms with Crippen molar-refractivity contribution in [1.82, 2.24) is 5.48 Å². The SMILES string of the molecule is CC(=O)NOCc1cc(C(C)=O)cc2ccccc12. The molecule has 98 valence electrons. The van der Waals surface area contributed by atoms with Gasteiger partial charge < -0.3 is 0 Å². The summed E-state index contributed by atoms with van der Waals surface area (Å²) in [4.78, 5) is 27.4. The molecule has 0 aromatic heterocycles. The lowest BCUT2D eigenvalue weighted by molar-refractivity contribution is -0.132. The Balaban J connectivity index is 2.38. The summed E-state index contributed by atoms with van der Waals surface area (Å²) < 4.78 is 0. The molecule has 19 heavy (non-hydrogen) atoms. The number of hydrogen-bond donors (Lipinski definition) is 1. The van der Waals surface area contributed by atoms with E-state index in [4.69, 9.17) is 4.84 Å². The van der Waals surface area contributed by atoms with E-state index in [2.05, 4.69) is 5.48 Å². The Morgan fingerprint density at radius 1 is 1.16 bits per heavy atom. The van der Waals surface area contributed by atoms with Crippen molar-refractivity contribution in [2.75, 3.05) is 0 Å². The minimum atomic E-state index is -0.257. The number of hydroxylamine groups is 1. The van der Waals surface area contributed by atoms with Crippen LogP contribution in [0.2, 0.25) is 0 Å². The van der Waals surface area contributed by atoms with Crippen LogP contribution in [-0.2, 0) is 16.2 Å². The quantitative estimate of drug-likeness (QED) is 0.676. The second-order valence-corrected chi connectivity index (χ2v) is 4.36. The molecule has 0 heterocycles. The van der Waals surface area contributed by atoms with Crippen LogP contribution in [0.25, 0.3) is 10.8 Å². The van der Waals surface area contributed by atoms with Crippen LogP contribution in [0.5, 0.6) is 0 Å². The normalized spacial score (nSPS) is 10.4. The molecule has 4 heteroatoms. The first-order chi connectivity index (χ1) is 9.08. The van der Waals surface area contributed by atoms with Gasteiger partial charge in [0, 0.05) is 12.5 Å². The molecule has 2 aromatic rings. The Morgan fingerprint density at radius 2 is 1.89 bits per heavy atom. The molecule has 0 unspecified atom stereocenters. The lowest BCUT2D eigenvalue weighted by atomic mass is 10.00. The highest BCUT2D eigenvalue weighted by atomic mass is 16.6. The van der Waals surface area contributed by atoms with Gasteiger partial charge in [0.1, 0.15) is 6.61 Å². The fraction of sp³-hybridized carbons (Fsp3) is 0.200. The summed E-state index contributed by atoms with van der Waals surface area (Å²) in [5.41, 5.74) is 3.79. The van der Waals surface area contributed by atoms with Gasteiger partial charge >= 0.3 is 0 Å². The first-order valence-corrected chi connectivity index (χ1v) is 5.99. The summed E-state index contributed by atoms with van der Waals surface area (Å²) in [6.07, 6.45) is 0. The predicted molar refractivity (Wildman–Crippen MR) is 72.6 cm³/mol. The molecule has 0 atom stereocenters. The molecule has 0 spiro atoms. The van der Waals surface area contributed by atoms with Crippen LogP contribution in [0.1, 0.15) is 29.8 Å². The molecule has 0 bridgehead atoms. The molecule has 1 amide bonds. The topological polar surface area (TPSA) is 55.4 Å². The van der Waals surface area contributed by atoms with Gasteiger partial charge in [0.05, 0.1) is 0 Å². The number of benzene rings is 2. The van der Waals surface area contributed by atoms with E-state index in [0.29, 0.717) is 5.56 Å². The molecule has 0 saturated carbocycles. The second kappa shape index (κ2) is 5.63. The van der Waals surface area contributed by atoms with Gasteiger partial charge in [-0.2, -0.15) is 0 Å². The Morgan fingerprint density at radius 3 is 2.58 bits per heavy atom. The summed E-state index contributed by atoms with van der Waals surface area (Å²) in [5.74, 6) is -0.251. The van der Waals surface area contributed by atoms with E-state index in [1.807, 2.05) is 30.3 Å². The van der Waals surface area contributed by atoms with E-state index in [1.54, 1.807) is 6.07 Å². The summed E-state index contributed by atoms with van der Waals surface area (Å²) in [7, 11) is 0. The zero-order valence-electron chi connectivity index (χ0n) is 10.9. The van der Waals surface area contributed by atoms with E-state index < -0.39 is 0 Å². The van der Waals surface area contributed by atoms with Gasteiger partial charge in [0.25, 0.3) is 0 Å². The Hall–Kier alpha value is -2.20. The number of nitrogens with one attached hydrogen (secondary N) is 1. The fourth-order valence-corrected chi connectivity index (χ4v) is 1.93. The van der Waals surface area contributed by atoms with Gasteiger partial charge in [-0.15, -0.1) is 0 Å². The molecular weight excluding hydrogens is 242 g/mol. The molecule has 1 N–H and O–H groups in total. The average Bonchev–Trinajstić information content (AvgIpc) is 2.38. The summed E-state index contributed by atoms with van der Waals surface area (Å²) >= 11 is 0. The molecule has 0 aliphatic rings. The van der Waals surface area contributed by atoms with Gasteiger partial charge in [0.15, 0.2) is 5.78 Å². The predicted octanol–water partition coefficient (Wildman–Crippen LogP) is 2.61. The van der Waals surface area contributed by atoms with Crippen molar-refractivity contribution >= 4 is 22.5 Å². The summed E-state index contributed by atoms with van der Waals surface area (Å²) in [5, 5.41) is 1.99. The smallest absolute Gasteiger partial charge is 0.240 e. The minimum absolute atomic E-state index is 0.00605. The van der Waals surface area contributed by atoms with Gasteiger partial charge in [-0.1, -0.05) is 24.3 Å². The van der Waals surface area contributed by atoms with Gasteiger partial charge in [-0.25, -0.2) is 5.48 Å². The highest BCUT2D eigenvalue weighted by Crippen LogP contribution is 2.22. The van der Waals surface area contributed by atoms with E-state index in [1.165, 1.54) is 13.8 Å². The van der Waals surface area contributed by atoms with E-state index in [0.717, 1.165) is 16.3 Å². The summed E-state index contributed by atoms with van der Waals surface area (Å²) in [6.45, 7) is 3.13. The Bertz CT molecular complexity index is 634. The first-order valence-electron chi connectivity index (χ1n) is 5.99. The van der Waals surface area contributed by atoms with Crippen molar-refractivity contribution in [3.63, 3.8) is 0 Å². The maximum absolute atomic E-state index is 11.5. The van der Waals surface area contributed by atoms with Crippen LogP contribution in [0, 0.1) is 0 Å². The monoisotopic (exact) mass is 257 g/mol. The van der Waals surface area contributed by atoms with Crippen LogP contribution in [0.3, 0.4) is 0 Å². The van der Waals surface area contributed by atoms with Crippen molar-refractivity contribution in [3.8, 4) is 0 Å². The van der Waals surface area contributed by atoms with Crippen molar-refractivity contribution in [1.29, 1.82) is 0 Å². The molecule has 2 aromatic carbocycles. The highest BCUT2D eigenvalue weighted by Gasteiger charge is 2.07. The third-order valence-electron chi connectivity index (χ3n) is 2.80. The van der Waals surface area contributed by atoms with E-state index in [-0.39, 0.29) is 18.3 Å². The molecule has 0 fully saturated rings. The van der Waals surface area contributed by atoms with Gasteiger partial charge in [-0.3, -0.25) is 14.4 Å². The number of fused-ring (bicyclic) bond motifs is 1. The number of Topliss-reactive ketones (excluding diaryl/α,β-unsaturated/α-hetero) is 1. The highest BCUT2D eigenvalue weighted by molar-refractivity contribution is 5.99.